The third-order valence-electron chi connectivity index (χ3n) is 7.18. The van der Waals surface area contributed by atoms with Crippen LogP contribution in [0.2, 0.25) is 0 Å². The van der Waals surface area contributed by atoms with Crippen molar-refractivity contribution in [1.29, 1.82) is 0 Å². The molecule has 0 N–H and O–H groups in total. The number of pyridine rings is 1. The highest BCUT2D eigenvalue weighted by Gasteiger charge is 2.34. The second-order valence-corrected chi connectivity index (χ2v) is 9.01. The number of hydrogen-bond acceptors (Lipinski definition) is 2. The van der Waals surface area contributed by atoms with Gasteiger partial charge < -0.3 is 4.74 Å². The largest absolute Gasteiger partial charge is 0.497 e. The Bertz CT molecular complexity index is 1250. The summed E-state index contributed by atoms with van der Waals surface area (Å²) in [4.78, 5) is 4.80. The minimum absolute atomic E-state index is 0.615. The van der Waals surface area contributed by atoms with Crippen molar-refractivity contribution in [3.8, 4) is 5.75 Å². The van der Waals surface area contributed by atoms with E-state index in [9.17, 15) is 0 Å². The van der Waals surface area contributed by atoms with E-state index in [0.29, 0.717) is 5.92 Å². The zero-order chi connectivity index (χ0) is 19.0. The lowest BCUT2D eigenvalue weighted by atomic mass is 9.88. The minimum atomic E-state index is 0.615. The zero-order valence-electron chi connectivity index (χ0n) is 16.8. The molecule has 0 saturated heterocycles. The Balaban J connectivity index is 1.66. The van der Waals surface area contributed by atoms with Gasteiger partial charge >= 0.3 is 0 Å². The van der Waals surface area contributed by atoms with E-state index in [0.717, 1.165) is 36.1 Å². The number of fused-ring (bicyclic) bond motifs is 3. The molecule has 0 bridgehead atoms. The molecule has 1 fully saturated rings. The molecule has 4 aromatic rings. The summed E-state index contributed by atoms with van der Waals surface area (Å²) in [6.45, 7) is 4.80. The van der Waals surface area contributed by atoms with Gasteiger partial charge in [-0.05, 0) is 84.2 Å². The highest BCUT2D eigenvalue weighted by Crippen LogP contribution is 2.45. The van der Waals surface area contributed by atoms with Gasteiger partial charge in [0.25, 0.3) is 0 Å². The lowest BCUT2D eigenvalue weighted by Gasteiger charge is -2.22. The van der Waals surface area contributed by atoms with E-state index in [4.69, 9.17) is 9.72 Å². The normalized spacial score (nSPS) is 21.7. The molecule has 2 aliphatic rings. The van der Waals surface area contributed by atoms with Crippen molar-refractivity contribution in [2.75, 3.05) is 7.11 Å². The van der Waals surface area contributed by atoms with Crippen LogP contribution in [-0.4, -0.2) is 16.5 Å². The first-order chi connectivity index (χ1) is 13.6. The monoisotopic (exact) mass is 370 g/mol. The fourth-order valence-electron chi connectivity index (χ4n) is 5.32. The summed E-state index contributed by atoms with van der Waals surface area (Å²) < 4.78 is 7.91. The van der Waals surface area contributed by atoms with Gasteiger partial charge in [-0.15, -0.1) is 0 Å². The van der Waals surface area contributed by atoms with Gasteiger partial charge in [0.2, 0.25) is 0 Å². The Hall–Kier alpha value is -2.55. The van der Waals surface area contributed by atoms with Crippen LogP contribution in [-0.2, 0) is 12.8 Å². The Morgan fingerprint density at radius 3 is 2.79 bits per heavy atom. The Morgan fingerprint density at radius 1 is 1.14 bits per heavy atom. The van der Waals surface area contributed by atoms with Crippen molar-refractivity contribution < 1.29 is 4.74 Å². The van der Waals surface area contributed by atoms with Gasteiger partial charge in [-0.25, -0.2) is 4.98 Å². The fraction of sp³-hybridized carbons (Fsp3) is 0.400. The zero-order valence-corrected chi connectivity index (χ0v) is 16.8. The lowest BCUT2D eigenvalue weighted by Crippen LogP contribution is -2.09. The molecular weight excluding hydrogens is 344 g/mol. The molecule has 1 aliphatic carbocycles. The second kappa shape index (κ2) is 5.73. The highest BCUT2D eigenvalue weighted by atomic mass is 16.5. The van der Waals surface area contributed by atoms with E-state index in [2.05, 4.69) is 54.8 Å². The Kier molecular flexibility index (Phi) is 3.36. The Morgan fingerprint density at radius 2 is 2.00 bits per heavy atom. The van der Waals surface area contributed by atoms with Crippen LogP contribution < -0.4 is 4.74 Å². The number of ether oxygens (including phenoxy) is 1. The van der Waals surface area contributed by atoms with E-state index in [-0.39, 0.29) is 0 Å². The van der Waals surface area contributed by atoms with Crippen molar-refractivity contribution in [3.05, 3.63) is 53.3 Å². The van der Waals surface area contributed by atoms with Gasteiger partial charge in [0.05, 0.1) is 12.6 Å². The molecule has 0 radical (unpaired) electrons. The van der Waals surface area contributed by atoms with Crippen LogP contribution >= 0.6 is 0 Å². The molecule has 142 valence electrons. The number of aryl methyl sites for hydroxylation is 2. The first-order valence-electron chi connectivity index (χ1n) is 10.6. The third kappa shape index (κ3) is 2.25. The van der Waals surface area contributed by atoms with E-state index >= 15 is 0 Å². The quantitative estimate of drug-likeness (QED) is 0.418. The molecule has 3 heteroatoms. The van der Waals surface area contributed by atoms with Crippen molar-refractivity contribution in [2.24, 2.45) is 11.8 Å². The van der Waals surface area contributed by atoms with Gasteiger partial charge in [0.1, 0.15) is 11.4 Å². The highest BCUT2D eigenvalue weighted by molar-refractivity contribution is 6.13. The lowest BCUT2D eigenvalue weighted by molar-refractivity contribution is 0.415. The molecule has 2 unspecified atom stereocenters. The summed E-state index contributed by atoms with van der Waals surface area (Å²) in [6, 6.07) is 11.4. The van der Waals surface area contributed by atoms with Gasteiger partial charge in [0, 0.05) is 22.7 Å². The molecular formula is C25H26N2O. The van der Waals surface area contributed by atoms with Gasteiger partial charge in [-0.3, -0.25) is 4.40 Å². The third-order valence-corrected chi connectivity index (χ3v) is 7.18. The summed E-state index contributed by atoms with van der Waals surface area (Å²) >= 11 is 0. The fourth-order valence-corrected chi connectivity index (χ4v) is 5.32. The number of methoxy groups -OCH3 is 1. The molecule has 3 atom stereocenters. The van der Waals surface area contributed by atoms with Gasteiger partial charge in [0.15, 0.2) is 0 Å². The SMILES string of the molecule is COc1ccc2c(c1)c1ncc3n1c1c(cc(C(C)C[C@H]4CC4C)cc21)CC3. The topological polar surface area (TPSA) is 26.5 Å². The first kappa shape index (κ1) is 16.4. The minimum Gasteiger partial charge on any atom is -0.497 e. The standard InChI is InChI=1S/C25H26N2O/c1-14-8-17(14)9-15(2)18-10-16-4-5-19-13-26-25-23-12-20(28-3)6-7-21(23)22(11-18)24(16)27(19)25/h6-7,10-15,17H,4-5,8-9H2,1-3H3/t14?,15?,17-/m1/s1. The maximum absolute atomic E-state index is 5.51. The number of hydrogen-bond donors (Lipinski definition) is 0. The molecule has 28 heavy (non-hydrogen) atoms. The van der Waals surface area contributed by atoms with Crippen LogP contribution in [0.25, 0.3) is 27.3 Å². The molecule has 1 aliphatic heterocycles. The number of benzene rings is 2. The van der Waals surface area contributed by atoms with Gasteiger partial charge in [-0.1, -0.05) is 19.9 Å². The second-order valence-electron chi connectivity index (χ2n) is 9.01. The maximum atomic E-state index is 5.51. The van der Waals surface area contributed by atoms with Crippen LogP contribution in [0.4, 0.5) is 0 Å². The van der Waals surface area contributed by atoms with Crippen LogP contribution in [0, 0.1) is 11.8 Å². The van der Waals surface area contributed by atoms with Crippen LogP contribution in [0.5, 0.6) is 5.75 Å². The summed E-state index contributed by atoms with van der Waals surface area (Å²) in [5.41, 5.74) is 6.73. The van der Waals surface area contributed by atoms with Crippen molar-refractivity contribution >= 4 is 27.3 Å². The number of nitrogens with zero attached hydrogens (tertiary/aromatic N) is 2. The van der Waals surface area contributed by atoms with E-state index in [1.54, 1.807) is 7.11 Å². The number of imidazole rings is 1. The van der Waals surface area contributed by atoms with Crippen LogP contribution in [0.3, 0.4) is 0 Å². The average molecular weight is 370 g/mol. The Labute approximate surface area is 165 Å². The van der Waals surface area contributed by atoms with E-state index < -0.39 is 0 Å². The van der Waals surface area contributed by atoms with Crippen LogP contribution in [0.15, 0.2) is 36.5 Å². The predicted molar refractivity (Wildman–Crippen MR) is 114 cm³/mol. The summed E-state index contributed by atoms with van der Waals surface area (Å²) in [5.74, 6) is 3.35. The van der Waals surface area contributed by atoms with E-state index in [1.165, 1.54) is 51.3 Å². The predicted octanol–water partition coefficient (Wildman–Crippen LogP) is 5.90. The molecule has 6 rings (SSSR count). The summed E-state index contributed by atoms with van der Waals surface area (Å²) in [6.07, 6.45) is 6.96. The van der Waals surface area contributed by atoms with Gasteiger partial charge in [-0.2, -0.15) is 0 Å². The number of aromatic nitrogens is 2. The maximum Gasteiger partial charge on any atom is 0.145 e. The summed E-state index contributed by atoms with van der Waals surface area (Å²) in [5, 5.41) is 3.84. The first-order valence-corrected chi connectivity index (χ1v) is 10.6. The molecule has 2 aromatic heterocycles. The van der Waals surface area contributed by atoms with Crippen molar-refractivity contribution in [3.63, 3.8) is 0 Å². The number of rotatable bonds is 4. The van der Waals surface area contributed by atoms with Crippen molar-refractivity contribution in [1.82, 2.24) is 9.38 Å². The molecule has 1 saturated carbocycles. The summed E-state index contributed by atoms with van der Waals surface area (Å²) in [7, 11) is 1.73. The molecule has 0 amide bonds. The smallest absolute Gasteiger partial charge is 0.145 e. The molecule has 3 heterocycles. The van der Waals surface area contributed by atoms with Crippen molar-refractivity contribution in [2.45, 2.75) is 45.4 Å². The molecule has 0 spiro atoms. The van der Waals surface area contributed by atoms with Crippen LogP contribution in [0.1, 0.15) is 49.4 Å². The molecule has 2 aromatic carbocycles. The van der Waals surface area contributed by atoms with E-state index in [1.807, 2.05) is 0 Å². The average Bonchev–Trinajstić information content (AvgIpc) is 3.24. The molecule has 3 nitrogen and oxygen atoms in total.